The first-order chi connectivity index (χ1) is 12.5. The lowest BCUT2D eigenvalue weighted by molar-refractivity contribution is 0.226. The predicted octanol–water partition coefficient (Wildman–Crippen LogP) is 3.22. The Bertz CT molecular complexity index is 754. The Morgan fingerprint density at radius 1 is 1.35 bits per heavy atom. The first-order valence-electron chi connectivity index (χ1n) is 9.14. The molecule has 2 amide bonds. The van der Waals surface area contributed by atoms with Crippen LogP contribution in [0, 0.1) is 5.82 Å². The fourth-order valence-electron chi connectivity index (χ4n) is 3.86. The van der Waals surface area contributed by atoms with Crippen molar-refractivity contribution >= 4 is 6.03 Å². The SMILES string of the molecule is CC(NC(=O)NCC1(c2cccc(F)c2)CCCCC1)c1nncn1C. The molecular weight excluding hydrogens is 333 g/mol. The summed E-state index contributed by atoms with van der Waals surface area (Å²) in [5, 5.41) is 13.7. The highest BCUT2D eigenvalue weighted by atomic mass is 19.1. The van der Waals surface area contributed by atoms with Gasteiger partial charge < -0.3 is 15.2 Å². The van der Waals surface area contributed by atoms with Gasteiger partial charge in [-0.1, -0.05) is 31.4 Å². The van der Waals surface area contributed by atoms with Crippen LogP contribution in [-0.4, -0.2) is 27.3 Å². The molecule has 0 spiro atoms. The van der Waals surface area contributed by atoms with Crippen molar-refractivity contribution in [1.82, 2.24) is 25.4 Å². The van der Waals surface area contributed by atoms with Gasteiger partial charge in [-0.25, -0.2) is 9.18 Å². The Balaban J connectivity index is 1.66. The van der Waals surface area contributed by atoms with Gasteiger partial charge >= 0.3 is 6.03 Å². The summed E-state index contributed by atoms with van der Waals surface area (Å²) in [5.74, 6) is 0.463. The zero-order chi connectivity index (χ0) is 18.6. The summed E-state index contributed by atoms with van der Waals surface area (Å²) in [7, 11) is 1.84. The molecule has 1 aromatic heterocycles. The average molecular weight is 359 g/mol. The van der Waals surface area contributed by atoms with Crippen molar-refractivity contribution in [2.24, 2.45) is 7.05 Å². The summed E-state index contributed by atoms with van der Waals surface area (Å²) in [6.07, 6.45) is 6.88. The van der Waals surface area contributed by atoms with Gasteiger partial charge in [0.2, 0.25) is 0 Å². The highest BCUT2D eigenvalue weighted by Gasteiger charge is 2.34. The predicted molar refractivity (Wildman–Crippen MR) is 97.1 cm³/mol. The van der Waals surface area contributed by atoms with Gasteiger partial charge in [0.25, 0.3) is 0 Å². The van der Waals surface area contributed by atoms with Gasteiger partial charge in [0.15, 0.2) is 5.82 Å². The van der Waals surface area contributed by atoms with E-state index in [0.29, 0.717) is 12.4 Å². The van der Waals surface area contributed by atoms with Gasteiger partial charge in [-0.3, -0.25) is 0 Å². The highest BCUT2D eigenvalue weighted by molar-refractivity contribution is 5.74. The molecule has 3 rings (SSSR count). The Hall–Kier alpha value is -2.44. The van der Waals surface area contributed by atoms with Gasteiger partial charge in [-0.05, 0) is 37.5 Å². The number of aryl methyl sites for hydroxylation is 1. The van der Waals surface area contributed by atoms with E-state index in [-0.39, 0.29) is 23.3 Å². The number of carbonyl (C=O) groups is 1. The Morgan fingerprint density at radius 3 is 2.77 bits per heavy atom. The number of carbonyl (C=O) groups excluding carboxylic acids is 1. The summed E-state index contributed by atoms with van der Waals surface area (Å²) in [4.78, 5) is 12.4. The van der Waals surface area contributed by atoms with Crippen LogP contribution in [0.2, 0.25) is 0 Å². The number of halogens is 1. The van der Waals surface area contributed by atoms with Crippen LogP contribution in [0.15, 0.2) is 30.6 Å². The number of nitrogens with one attached hydrogen (secondary N) is 2. The summed E-state index contributed by atoms with van der Waals surface area (Å²) >= 11 is 0. The first kappa shape index (κ1) is 18.4. The van der Waals surface area contributed by atoms with Crippen molar-refractivity contribution < 1.29 is 9.18 Å². The molecule has 2 aromatic rings. The largest absolute Gasteiger partial charge is 0.337 e. The molecule has 1 aliphatic carbocycles. The lowest BCUT2D eigenvalue weighted by Crippen LogP contribution is -2.46. The third kappa shape index (κ3) is 4.03. The molecule has 0 bridgehead atoms. The molecule has 1 unspecified atom stereocenters. The first-order valence-corrected chi connectivity index (χ1v) is 9.14. The van der Waals surface area contributed by atoms with Crippen LogP contribution in [0.5, 0.6) is 0 Å². The lowest BCUT2D eigenvalue weighted by atomic mass is 9.69. The molecule has 6 nitrogen and oxygen atoms in total. The number of aromatic nitrogens is 3. The molecule has 7 heteroatoms. The number of benzene rings is 1. The van der Waals surface area contributed by atoms with Gasteiger partial charge in [0.05, 0.1) is 6.04 Å². The van der Waals surface area contributed by atoms with Crippen molar-refractivity contribution in [2.75, 3.05) is 6.54 Å². The van der Waals surface area contributed by atoms with Gasteiger partial charge in [0, 0.05) is 19.0 Å². The van der Waals surface area contributed by atoms with Gasteiger partial charge in [0.1, 0.15) is 12.1 Å². The van der Waals surface area contributed by atoms with E-state index in [1.165, 1.54) is 12.5 Å². The lowest BCUT2D eigenvalue weighted by Gasteiger charge is -2.38. The minimum Gasteiger partial charge on any atom is -0.337 e. The number of hydrogen-bond donors (Lipinski definition) is 2. The Morgan fingerprint density at radius 2 is 2.12 bits per heavy atom. The van der Waals surface area contributed by atoms with E-state index in [2.05, 4.69) is 20.8 Å². The fraction of sp³-hybridized carbons (Fsp3) is 0.526. The van der Waals surface area contributed by atoms with E-state index in [1.54, 1.807) is 23.0 Å². The van der Waals surface area contributed by atoms with E-state index in [0.717, 1.165) is 31.2 Å². The second-order valence-corrected chi connectivity index (χ2v) is 7.20. The van der Waals surface area contributed by atoms with Crippen LogP contribution >= 0.6 is 0 Å². The van der Waals surface area contributed by atoms with Crippen molar-refractivity contribution in [1.29, 1.82) is 0 Å². The smallest absolute Gasteiger partial charge is 0.315 e. The maximum Gasteiger partial charge on any atom is 0.315 e. The second-order valence-electron chi connectivity index (χ2n) is 7.20. The molecular formula is C19H26FN5O. The van der Waals surface area contributed by atoms with E-state index in [9.17, 15) is 9.18 Å². The minimum absolute atomic E-state index is 0.203. The third-order valence-electron chi connectivity index (χ3n) is 5.32. The minimum atomic E-state index is -0.251. The summed E-state index contributed by atoms with van der Waals surface area (Å²) < 4.78 is 15.5. The monoisotopic (exact) mass is 359 g/mol. The fourth-order valence-corrected chi connectivity index (χ4v) is 3.86. The normalized spacial score (nSPS) is 17.5. The van der Waals surface area contributed by atoms with E-state index in [1.807, 2.05) is 20.0 Å². The second kappa shape index (κ2) is 7.85. The van der Waals surface area contributed by atoms with Crippen molar-refractivity contribution in [3.8, 4) is 0 Å². The molecule has 0 saturated heterocycles. The molecule has 0 radical (unpaired) electrons. The number of amides is 2. The third-order valence-corrected chi connectivity index (χ3v) is 5.32. The van der Waals surface area contributed by atoms with Crippen LogP contribution < -0.4 is 10.6 Å². The van der Waals surface area contributed by atoms with Crippen LogP contribution in [0.4, 0.5) is 9.18 Å². The zero-order valence-electron chi connectivity index (χ0n) is 15.3. The molecule has 1 saturated carbocycles. The average Bonchev–Trinajstić information content (AvgIpc) is 3.07. The van der Waals surface area contributed by atoms with Crippen molar-refractivity contribution in [3.05, 3.63) is 47.8 Å². The number of urea groups is 1. The van der Waals surface area contributed by atoms with Crippen molar-refractivity contribution in [3.63, 3.8) is 0 Å². The molecule has 1 aliphatic rings. The van der Waals surface area contributed by atoms with Crippen LogP contribution in [0.25, 0.3) is 0 Å². The Labute approximate surface area is 153 Å². The highest BCUT2D eigenvalue weighted by Crippen LogP contribution is 2.39. The quantitative estimate of drug-likeness (QED) is 0.861. The molecule has 1 aromatic carbocycles. The van der Waals surface area contributed by atoms with E-state index >= 15 is 0 Å². The standard InChI is InChI=1S/C19H26FN5O/c1-14(17-24-22-13-25(17)2)23-18(26)21-12-19(9-4-3-5-10-19)15-7-6-8-16(20)11-15/h6-8,11,13-14H,3-5,9-10,12H2,1-2H3,(H2,21,23,26). The van der Waals surface area contributed by atoms with Crippen LogP contribution in [0.1, 0.15) is 56.5 Å². The maximum absolute atomic E-state index is 13.7. The van der Waals surface area contributed by atoms with Gasteiger partial charge in [-0.15, -0.1) is 10.2 Å². The molecule has 1 heterocycles. The topological polar surface area (TPSA) is 71.8 Å². The van der Waals surface area contributed by atoms with Crippen LogP contribution in [-0.2, 0) is 12.5 Å². The van der Waals surface area contributed by atoms with Gasteiger partial charge in [-0.2, -0.15) is 0 Å². The number of hydrogen-bond acceptors (Lipinski definition) is 3. The van der Waals surface area contributed by atoms with E-state index < -0.39 is 0 Å². The number of rotatable bonds is 5. The molecule has 140 valence electrons. The summed E-state index contributed by atoms with van der Waals surface area (Å²) in [5.41, 5.74) is 0.768. The summed E-state index contributed by atoms with van der Waals surface area (Å²) in [6.45, 7) is 2.36. The van der Waals surface area contributed by atoms with Crippen molar-refractivity contribution in [2.45, 2.75) is 50.5 Å². The van der Waals surface area contributed by atoms with Crippen LogP contribution in [0.3, 0.4) is 0 Å². The molecule has 26 heavy (non-hydrogen) atoms. The number of nitrogens with zero attached hydrogens (tertiary/aromatic N) is 3. The maximum atomic E-state index is 13.7. The molecule has 1 atom stereocenters. The van der Waals surface area contributed by atoms with E-state index in [4.69, 9.17) is 0 Å². The Kier molecular flexibility index (Phi) is 5.54. The molecule has 0 aliphatic heterocycles. The summed E-state index contributed by atoms with van der Waals surface area (Å²) in [6, 6.07) is 6.28. The zero-order valence-corrected chi connectivity index (χ0v) is 15.3. The molecule has 1 fully saturated rings. The molecule has 2 N–H and O–H groups in total.